The number of nitrogens with one attached hydrogen (secondary N) is 1. The van der Waals surface area contributed by atoms with Crippen molar-refractivity contribution in [3.63, 3.8) is 0 Å². The Labute approximate surface area is 172 Å². The molecule has 1 amide bonds. The monoisotopic (exact) mass is 401 g/mol. The molecule has 1 aliphatic carbocycles. The van der Waals surface area contributed by atoms with Gasteiger partial charge in [-0.1, -0.05) is 12.1 Å². The van der Waals surface area contributed by atoms with Crippen molar-refractivity contribution in [2.75, 3.05) is 5.32 Å². The Morgan fingerprint density at radius 3 is 2.59 bits per heavy atom. The Balaban J connectivity index is 1.34. The molecule has 5 rings (SSSR count). The van der Waals surface area contributed by atoms with Crippen molar-refractivity contribution in [3.05, 3.63) is 76.7 Å². The number of aryl methyl sites for hydroxylation is 3. The van der Waals surface area contributed by atoms with E-state index in [1.807, 2.05) is 19.1 Å². The molecule has 6 nitrogen and oxygen atoms in total. The molecular weight excluding hydrogens is 382 g/mol. The van der Waals surface area contributed by atoms with Gasteiger partial charge in [0.2, 0.25) is 0 Å². The molecule has 4 aromatic rings. The van der Waals surface area contributed by atoms with Gasteiger partial charge in [-0.25, -0.2) is 4.98 Å². The molecule has 0 unspecified atom stereocenters. The van der Waals surface area contributed by atoms with Crippen LogP contribution >= 0.6 is 11.3 Å². The molecule has 0 saturated carbocycles. The number of carbonyl (C=O) groups excluding carboxylic acids is 1. The topological polar surface area (TPSA) is 72.7 Å². The minimum absolute atomic E-state index is 0.172. The Morgan fingerprint density at radius 1 is 1.03 bits per heavy atom. The zero-order valence-corrected chi connectivity index (χ0v) is 16.7. The maximum Gasteiger partial charge on any atom is 0.257 e. The molecular formula is C22H19N5OS. The minimum atomic E-state index is -0.172. The fourth-order valence-electron chi connectivity index (χ4n) is 3.73. The van der Waals surface area contributed by atoms with Gasteiger partial charge >= 0.3 is 0 Å². The van der Waals surface area contributed by atoms with E-state index in [9.17, 15) is 4.79 Å². The number of thiazole rings is 1. The van der Waals surface area contributed by atoms with Crippen molar-refractivity contribution in [1.29, 1.82) is 0 Å². The van der Waals surface area contributed by atoms with E-state index in [4.69, 9.17) is 4.98 Å². The Kier molecular flexibility index (Phi) is 4.44. The molecule has 0 fully saturated rings. The van der Waals surface area contributed by atoms with Crippen LogP contribution in [0, 0.1) is 6.92 Å². The molecule has 2 aromatic carbocycles. The van der Waals surface area contributed by atoms with Crippen LogP contribution in [0.2, 0.25) is 0 Å². The largest absolute Gasteiger partial charge is 0.298 e. The molecule has 29 heavy (non-hydrogen) atoms. The highest BCUT2D eigenvalue weighted by molar-refractivity contribution is 7.16. The molecule has 0 aliphatic heterocycles. The number of hydrogen-bond donors (Lipinski definition) is 1. The number of anilines is 1. The molecule has 0 spiro atoms. The zero-order chi connectivity index (χ0) is 19.8. The molecule has 1 N–H and O–H groups in total. The third-order valence-corrected chi connectivity index (χ3v) is 6.12. The first-order chi connectivity index (χ1) is 14.2. The van der Waals surface area contributed by atoms with Gasteiger partial charge in [-0.3, -0.25) is 14.7 Å². The van der Waals surface area contributed by atoms with Gasteiger partial charge < -0.3 is 0 Å². The van der Waals surface area contributed by atoms with Gasteiger partial charge in [-0.05, 0) is 67.6 Å². The second kappa shape index (κ2) is 7.25. The van der Waals surface area contributed by atoms with Crippen molar-refractivity contribution in [1.82, 2.24) is 19.7 Å². The molecule has 2 aromatic heterocycles. The summed E-state index contributed by atoms with van der Waals surface area (Å²) in [4.78, 5) is 18.4. The van der Waals surface area contributed by atoms with Crippen LogP contribution < -0.4 is 5.32 Å². The molecule has 0 radical (unpaired) electrons. The van der Waals surface area contributed by atoms with Gasteiger partial charge in [0, 0.05) is 21.7 Å². The summed E-state index contributed by atoms with van der Waals surface area (Å²) in [5.41, 5.74) is 6.42. The van der Waals surface area contributed by atoms with Crippen LogP contribution in [-0.4, -0.2) is 25.7 Å². The van der Waals surface area contributed by atoms with E-state index in [-0.39, 0.29) is 5.91 Å². The molecule has 0 saturated heterocycles. The number of carbonyl (C=O) groups is 1. The van der Waals surface area contributed by atoms with Gasteiger partial charge in [0.25, 0.3) is 5.91 Å². The van der Waals surface area contributed by atoms with Crippen molar-refractivity contribution in [3.8, 4) is 16.9 Å². The fourth-order valence-corrected chi connectivity index (χ4v) is 4.56. The van der Waals surface area contributed by atoms with Crippen molar-refractivity contribution in [2.45, 2.75) is 26.2 Å². The third kappa shape index (κ3) is 3.45. The minimum Gasteiger partial charge on any atom is -0.298 e. The van der Waals surface area contributed by atoms with E-state index in [1.165, 1.54) is 35.3 Å². The van der Waals surface area contributed by atoms with Gasteiger partial charge in [-0.15, -0.1) is 21.5 Å². The van der Waals surface area contributed by atoms with Crippen LogP contribution in [0.5, 0.6) is 0 Å². The molecule has 7 heteroatoms. The quantitative estimate of drug-likeness (QED) is 0.549. The maximum atomic E-state index is 12.6. The number of rotatable bonds is 4. The molecule has 0 atom stereocenters. The van der Waals surface area contributed by atoms with Crippen LogP contribution in [0.4, 0.5) is 5.13 Å². The zero-order valence-electron chi connectivity index (χ0n) is 15.9. The summed E-state index contributed by atoms with van der Waals surface area (Å²) >= 11 is 1.50. The lowest BCUT2D eigenvalue weighted by molar-refractivity contribution is 0.102. The van der Waals surface area contributed by atoms with E-state index in [1.54, 1.807) is 29.4 Å². The summed E-state index contributed by atoms with van der Waals surface area (Å²) < 4.78 is 1.79. The fraction of sp³-hybridized carbons (Fsp3) is 0.182. The van der Waals surface area contributed by atoms with Gasteiger partial charge in [0.05, 0.1) is 5.69 Å². The van der Waals surface area contributed by atoms with E-state index in [0.29, 0.717) is 10.7 Å². The van der Waals surface area contributed by atoms with Gasteiger partial charge in [0.15, 0.2) is 5.13 Å². The summed E-state index contributed by atoms with van der Waals surface area (Å²) in [6.07, 6.45) is 6.78. The number of hydrogen-bond acceptors (Lipinski definition) is 5. The number of fused-ring (bicyclic) bond motifs is 1. The second-order valence-electron chi connectivity index (χ2n) is 7.13. The predicted molar refractivity (Wildman–Crippen MR) is 114 cm³/mol. The summed E-state index contributed by atoms with van der Waals surface area (Å²) in [7, 11) is 0. The van der Waals surface area contributed by atoms with Gasteiger partial charge in [-0.2, -0.15) is 0 Å². The van der Waals surface area contributed by atoms with Crippen LogP contribution in [0.1, 0.15) is 32.8 Å². The molecule has 1 aliphatic rings. The highest BCUT2D eigenvalue weighted by Gasteiger charge is 2.16. The van der Waals surface area contributed by atoms with E-state index >= 15 is 0 Å². The first-order valence-corrected chi connectivity index (χ1v) is 10.3. The average molecular weight is 401 g/mol. The molecule has 144 valence electrons. The summed E-state index contributed by atoms with van der Waals surface area (Å²) in [6, 6.07) is 13.9. The van der Waals surface area contributed by atoms with E-state index in [0.717, 1.165) is 28.2 Å². The lowest BCUT2D eigenvalue weighted by Gasteiger charge is -2.05. The number of nitrogens with zero attached hydrogens (tertiary/aromatic N) is 4. The second-order valence-corrected chi connectivity index (χ2v) is 8.33. The Bertz CT molecular complexity index is 1180. The average Bonchev–Trinajstić information content (AvgIpc) is 3.48. The van der Waals surface area contributed by atoms with E-state index < -0.39 is 0 Å². The summed E-state index contributed by atoms with van der Waals surface area (Å²) in [5.74, 6) is -0.172. The number of benzene rings is 2. The number of aromatic nitrogens is 4. The predicted octanol–water partition coefficient (Wildman–Crippen LogP) is 4.44. The maximum absolute atomic E-state index is 12.6. The summed E-state index contributed by atoms with van der Waals surface area (Å²) in [5, 5.41) is 11.1. The first-order valence-electron chi connectivity index (χ1n) is 9.53. The standard InChI is InChI=1S/C22H19N5OS/c1-14-20(18-6-5-15-3-2-4-17(15)11-18)25-22(29-14)26-21(28)16-7-9-19(10-8-16)27-12-23-24-13-27/h5-13H,2-4H2,1H3,(H,25,26,28). The summed E-state index contributed by atoms with van der Waals surface area (Å²) in [6.45, 7) is 2.05. The van der Waals surface area contributed by atoms with Gasteiger partial charge in [0.1, 0.15) is 12.7 Å². The van der Waals surface area contributed by atoms with Crippen LogP contribution in [0.15, 0.2) is 55.1 Å². The highest BCUT2D eigenvalue weighted by Crippen LogP contribution is 2.33. The van der Waals surface area contributed by atoms with Crippen molar-refractivity contribution in [2.24, 2.45) is 0 Å². The SMILES string of the molecule is Cc1sc(NC(=O)c2ccc(-n3cnnc3)cc2)nc1-c1ccc2c(c1)CCC2. The van der Waals surface area contributed by atoms with Crippen molar-refractivity contribution >= 4 is 22.4 Å². The third-order valence-electron chi connectivity index (χ3n) is 5.24. The van der Waals surface area contributed by atoms with Crippen LogP contribution in [0.25, 0.3) is 16.9 Å². The van der Waals surface area contributed by atoms with Crippen LogP contribution in [-0.2, 0) is 12.8 Å². The van der Waals surface area contributed by atoms with Crippen molar-refractivity contribution < 1.29 is 4.79 Å². The Morgan fingerprint density at radius 2 is 1.79 bits per heavy atom. The smallest absolute Gasteiger partial charge is 0.257 e. The normalized spacial score (nSPS) is 12.7. The molecule has 2 heterocycles. The van der Waals surface area contributed by atoms with Crippen LogP contribution in [0.3, 0.4) is 0 Å². The first kappa shape index (κ1) is 17.8. The number of amides is 1. The Hall–Kier alpha value is -3.32. The lowest BCUT2D eigenvalue weighted by atomic mass is 10.0. The lowest BCUT2D eigenvalue weighted by Crippen LogP contribution is -2.11. The van der Waals surface area contributed by atoms with E-state index in [2.05, 4.69) is 33.7 Å². The molecule has 0 bridgehead atoms. The highest BCUT2D eigenvalue weighted by atomic mass is 32.1.